The normalized spacial score (nSPS) is 16.2. The molecule has 1 aromatic carbocycles. The van der Waals surface area contributed by atoms with Crippen LogP contribution in [0.1, 0.15) is 12.8 Å². The summed E-state index contributed by atoms with van der Waals surface area (Å²) in [5, 5.41) is -0.204. The van der Waals surface area contributed by atoms with E-state index in [2.05, 4.69) is 9.46 Å². The number of nitrogens with one attached hydrogen (secondary N) is 1. The molecule has 10 heteroatoms. The molecule has 1 aromatic rings. The first-order valence-electron chi connectivity index (χ1n) is 6.29. The monoisotopic (exact) mass is 376 g/mol. The van der Waals surface area contributed by atoms with Crippen LogP contribution in [-0.2, 0) is 10.0 Å². The Kier molecular flexibility index (Phi) is 6.82. The van der Waals surface area contributed by atoms with E-state index >= 15 is 0 Å². The maximum Gasteiger partial charge on any atom is 0.387 e. The highest BCUT2D eigenvalue weighted by molar-refractivity contribution is 7.89. The largest absolute Gasteiger partial charge is 0.433 e. The van der Waals surface area contributed by atoms with Crippen LogP contribution in [0.5, 0.6) is 5.75 Å². The van der Waals surface area contributed by atoms with E-state index in [4.69, 9.17) is 17.3 Å². The first-order chi connectivity index (χ1) is 9.79. The van der Waals surface area contributed by atoms with Gasteiger partial charge < -0.3 is 10.5 Å². The molecule has 3 N–H and O–H groups in total. The number of hydrogen-bond donors (Lipinski definition) is 2. The molecule has 1 aliphatic carbocycles. The summed E-state index contributed by atoms with van der Waals surface area (Å²) < 4.78 is 54.8. The van der Waals surface area contributed by atoms with E-state index in [9.17, 15) is 17.2 Å². The third kappa shape index (κ3) is 5.20. The summed E-state index contributed by atoms with van der Waals surface area (Å²) in [5.74, 6) is 0.0819. The number of rotatable bonds is 7. The average molecular weight is 377 g/mol. The summed E-state index contributed by atoms with van der Waals surface area (Å²) in [6.45, 7) is -2.90. The maximum absolute atomic E-state index is 12.1. The Morgan fingerprint density at radius 1 is 1.41 bits per heavy atom. The second-order valence-corrected chi connectivity index (χ2v) is 7.00. The minimum Gasteiger partial charge on any atom is -0.433 e. The molecule has 0 amide bonds. The molecule has 0 radical (unpaired) electrons. The Labute approximate surface area is 138 Å². The van der Waals surface area contributed by atoms with Gasteiger partial charge in [0.25, 0.3) is 0 Å². The summed E-state index contributed by atoms with van der Waals surface area (Å²) in [5.41, 5.74) is 5.82. The lowest BCUT2D eigenvalue weighted by atomic mass is 10.2. The molecule has 0 bridgehead atoms. The van der Waals surface area contributed by atoms with Gasteiger partial charge in [0.2, 0.25) is 10.0 Å². The zero-order chi connectivity index (χ0) is 15.6. The minimum atomic E-state index is -3.79. The van der Waals surface area contributed by atoms with Gasteiger partial charge in [0.05, 0.1) is 9.92 Å². The van der Waals surface area contributed by atoms with Crippen LogP contribution in [0.25, 0.3) is 0 Å². The van der Waals surface area contributed by atoms with E-state index in [1.165, 1.54) is 0 Å². The number of nitrogens with two attached hydrogens (primary N) is 1. The van der Waals surface area contributed by atoms with Crippen molar-refractivity contribution in [3.8, 4) is 5.75 Å². The van der Waals surface area contributed by atoms with Crippen molar-refractivity contribution in [3.05, 3.63) is 23.2 Å². The lowest BCUT2D eigenvalue weighted by Crippen LogP contribution is -2.38. The fourth-order valence-corrected chi connectivity index (χ4v) is 3.21. The number of halogens is 4. The molecular weight excluding hydrogens is 361 g/mol. The van der Waals surface area contributed by atoms with Crippen molar-refractivity contribution < 1.29 is 21.9 Å². The van der Waals surface area contributed by atoms with E-state index in [0.29, 0.717) is 5.92 Å². The first kappa shape index (κ1) is 19.4. The van der Waals surface area contributed by atoms with Crippen LogP contribution < -0.4 is 15.2 Å². The van der Waals surface area contributed by atoms with Crippen LogP contribution in [0.2, 0.25) is 5.02 Å². The Hall–Kier alpha value is -0.670. The molecular formula is C12H16Cl2F2N2O3S. The van der Waals surface area contributed by atoms with Gasteiger partial charge in [0, 0.05) is 12.6 Å². The molecule has 0 aliphatic heterocycles. The molecule has 1 aliphatic rings. The molecule has 1 atom stereocenters. The Morgan fingerprint density at radius 2 is 2.05 bits per heavy atom. The number of alkyl halides is 2. The Bertz CT molecular complexity index is 612. The van der Waals surface area contributed by atoms with Crippen LogP contribution in [0.4, 0.5) is 8.78 Å². The van der Waals surface area contributed by atoms with Crippen LogP contribution in [0, 0.1) is 5.92 Å². The zero-order valence-electron chi connectivity index (χ0n) is 11.3. The van der Waals surface area contributed by atoms with Crippen LogP contribution >= 0.6 is 24.0 Å². The van der Waals surface area contributed by atoms with Gasteiger partial charge in [0.1, 0.15) is 5.75 Å². The molecule has 2 rings (SSSR count). The van der Waals surface area contributed by atoms with Crippen molar-refractivity contribution in [1.29, 1.82) is 0 Å². The zero-order valence-corrected chi connectivity index (χ0v) is 13.7. The fraction of sp³-hybridized carbons (Fsp3) is 0.500. The highest BCUT2D eigenvalue weighted by Gasteiger charge is 2.29. The molecule has 0 heterocycles. The van der Waals surface area contributed by atoms with Gasteiger partial charge in [-0.2, -0.15) is 8.78 Å². The molecule has 1 unspecified atom stereocenters. The fourth-order valence-electron chi connectivity index (χ4n) is 1.82. The van der Waals surface area contributed by atoms with Crippen molar-refractivity contribution in [2.24, 2.45) is 11.7 Å². The number of benzene rings is 1. The molecule has 22 heavy (non-hydrogen) atoms. The molecule has 1 saturated carbocycles. The first-order valence-corrected chi connectivity index (χ1v) is 8.15. The molecule has 126 valence electrons. The van der Waals surface area contributed by atoms with E-state index in [1.54, 1.807) is 0 Å². The second-order valence-electron chi connectivity index (χ2n) is 4.82. The lowest BCUT2D eigenvalue weighted by molar-refractivity contribution is -0.0498. The molecule has 0 spiro atoms. The highest BCUT2D eigenvalue weighted by Crippen LogP contribution is 2.31. The smallest absolute Gasteiger partial charge is 0.387 e. The third-order valence-corrected chi connectivity index (χ3v) is 4.88. The van der Waals surface area contributed by atoms with Gasteiger partial charge in [-0.1, -0.05) is 11.6 Å². The minimum absolute atomic E-state index is 0. The Morgan fingerprint density at radius 3 is 2.55 bits per heavy atom. The van der Waals surface area contributed by atoms with E-state index in [1.807, 2.05) is 0 Å². The maximum atomic E-state index is 12.1. The SMILES string of the molecule is Cl.NC(CNS(=O)(=O)c1ccc(OC(F)F)c(Cl)c1)C1CC1. The van der Waals surface area contributed by atoms with Gasteiger partial charge in [-0.15, -0.1) is 12.4 Å². The van der Waals surface area contributed by atoms with E-state index < -0.39 is 16.6 Å². The van der Waals surface area contributed by atoms with Crippen LogP contribution in [-0.4, -0.2) is 27.6 Å². The van der Waals surface area contributed by atoms with Gasteiger partial charge in [-0.05, 0) is 37.0 Å². The van der Waals surface area contributed by atoms with E-state index in [-0.39, 0.29) is 40.7 Å². The predicted molar refractivity (Wildman–Crippen MR) is 81.2 cm³/mol. The summed E-state index contributed by atoms with van der Waals surface area (Å²) in [6, 6.07) is 3.07. The molecule has 1 fully saturated rings. The van der Waals surface area contributed by atoms with Crippen molar-refractivity contribution >= 4 is 34.0 Å². The van der Waals surface area contributed by atoms with E-state index in [0.717, 1.165) is 31.0 Å². The van der Waals surface area contributed by atoms with Crippen LogP contribution in [0.3, 0.4) is 0 Å². The topological polar surface area (TPSA) is 81.4 Å². The lowest BCUT2D eigenvalue weighted by Gasteiger charge is -2.13. The van der Waals surface area contributed by atoms with Crippen LogP contribution in [0.15, 0.2) is 23.1 Å². The quantitative estimate of drug-likeness (QED) is 0.765. The number of ether oxygens (including phenoxy) is 1. The second kappa shape index (κ2) is 7.74. The highest BCUT2D eigenvalue weighted by atomic mass is 35.5. The predicted octanol–water partition coefficient (Wildman–Crippen LogP) is 2.38. The number of hydrogen-bond acceptors (Lipinski definition) is 4. The standard InChI is InChI=1S/C12H15ClF2N2O3S.ClH/c13-9-5-8(3-4-11(9)20-12(14)15)21(18,19)17-6-10(16)7-1-2-7;/h3-5,7,10,12,17H,1-2,6,16H2;1H. The third-order valence-electron chi connectivity index (χ3n) is 3.17. The average Bonchev–Trinajstić information content (AvgIpc) is 3.22. The van der Waals surface area contributed by atoms with Crippen molar-refractivity contribution in [3.63, 3.8) is 0 Å². The van der Waals surface area contributed by atoms with Crippen molar-refractivity contribution in [2.75, 3.05) is 6.54 Å². The van der Waals surface area contributed by atoms with Gasteiger partial charge in [0.15, 0.2) is 0 Å². The van der Waals surface area contributed by atoms with Crippen molar-refractivity contribution in [1.82, 2.24) is 4.72 Å². The summed E-state index contributed by atoms with van der Waals surface area (Å²) in [4.78, 5) is -0.128. The summed E-state index contributed by atoms with van der Waals surface area (Å²) in [6.07, 6.45) is 2.02. The summed E-state index contributed by atoms with van der Waals surface area (Å²) >= 11 is 5.73. The van der Waals surface area contributed by atoms with Gasteiger partial charge in [-0.25, -0.2) is 13.1 Å². The number of sulfonamides is 1. The van der Waals surface area contributed by atoms with Crippen molar-refractivity contribution in [2.45, 2.75) is 30.4 Å². The molecule has 0 saturated heterocycles. The molecule has 0 aromatic heterocycles. The molecule has 5 nitrogen and oxygen atoms in total. The van der Waals surface area contributed by atoms with Gasteiger partial charge in [-0.3, -0.25) is 0 Å². The van der Waals surface area contributed by atoms with Gasteiger partial charge >= 0.3 is 6.61 Å². The summed E-state index contributed by atoms with van der Waals surface area (Å²) in [7, 11) is -3.79. The Balaban J connectivity index is 0.00000242.